The van der Waals surface area contributed by atoms with Gasteiger partial charge in [0.05, 0.1) is 16.6 Å². The number of nitrogens with zero attached hydrogens (tertiary/aromatic N) is 4. The molecule has 1 saturated heterocycles. The smallest absolute Gasteiger partial charge is 0.338 e. The van der Waals surface area contributed by atoms with Crippen molar-refractivity contribution in [2.75, 3.05) is 38.1 Å². The van der Waals surface area contributed by atoms with Crippen LogP contribution in [0.5, 0.6) is 0 Å². The summed E-state index contributed by atoms with van der Waals surface area (Å²) < 4.78 is 7.33. The van der Waals surface area contributed by atoms with Crippen molar-refractivity contribution in [3.8, 4) is 5.69 Å². The van der Waals surface area contributed by atoms with Gasteiger partial charge in [0.15, 0.2) is 6.61 Å². The summed E-state index contributed by atoms with van der Waals surface area (Å²) in [7, 11) is 0. The highest BCUT2D eigenvalue weighted by atomic mass is 16.5. The number of para-hydroxylation sites is 2. The number of fused-ring (bicyclic) bond motifs is 1. The van der Waals surface area contributed by atoms with Gasteiger partial charge in [-0.3, -0.25) is 9.36 Å². The molecule has 4 aromatic rings. The summed E-state index contributed by atoms with van der Waals surface area (Å²) in [5.74, 6) is -0.0664. The van der Waals surface area contributed by atoms with Crippen LogP contribution < -0.4 is 5.32 Å². The summed E-state index contributed by atoms with van der Waals surface area (Å²) in [6, 6.07) is 24.1. The van der Waals surface area contributed by atoms with Gasteiger partial charge in [0.1, 0.15) is 5.82 Å². The molecular weight excluding hydrogens is 470 g/mol. The summed E-state index contributed by atoms with van der Waals surface area (Å²) in [6.07, 6.45) is 0. The van der Waals surface area contributed by atoms with Crippen LogP contribution in [0, 0.1) is 6.92 Å². The van der Waals surface area contributed by atoms with E-state index in [9.17, 15) is 14.4 Å². The van der Waals surface area contributed by atoms with E-state index in [2.05, 4.69) is 10.3 Å². The minimum Gasteiger partial charge on any atom is -0.452 e. The largest absolute Gasteiger partial charge is 0.452 e. The monoisotopic (exact) mass is 497 g/mol. The zero-order chi connectivity index (χ0) is 25.8. The van der Waals surface area contributed by atoms with E-state index in [0.717, 1.165) is 22.7 Å². The van der Waals surface area contributed by atoms with Crippen LogP contribution in [0.15, 0.2) is 78.9 Å². The predicted molar refractivity (Wildman–Crippen MR) is 140 cm³/mol. The van der Waals surface area contributed by atoms with Gasteiger partial charge in [0.25, 0.3) is 5.91 Å². The van der Waals surface area contributed by atoms with Gasteiger partial charge >= 0.3 is 12.0 Å². The van der Waals surface area contributed by atoms with Crippen molar-refractivity contribution < 1.29 is 19.1 Å². The van der Waals surface area contributed by atoms with E-state index >= 15 is 0 Å². The first-order valence-electron chi connectivity index (χ1n) is 12.1. The minimum atomic E-state index is -0.581. The number of amides is 3. The van der Waals surface area contributed by atoms with Gasteiger partial charge in [0.2, 0.25) is 0 Å². The van der Waals surface area contributed by atoms with Crippen LogP contribution in [-0.4, -0.2) is 70.0 Å². The van der Waals surface area contributed by atoms with Gasteiger partial charge in [-0.05, 0) is 49.4 Å². The maximum absolute atomic E-state index is 12.7. The number of anilines is 1. The number of rotatable bonds is 5. The molecule has 1 fully saturated rings. The molecule has 9 nitrogen and oxygen atoms in total. The summed E-state index contributed by atoms with van der Waals surface area (Å²) in [6.45, 7) is 3.11. The highest BCUT2D eigenvalue weighted by molar-refractivity contribution is 5.95. The highest BCUT2D eigenvalue weighted by Gasteiger charge is 2.25. The van der Waals surface area contributed by atoms with Crippen molar-refractivity contribution in [1.82, 2.24) is 19.4 Å². The van der Waals surface area contributed by atoms with Gasteiger partial charge in [-0.2, -0.15) is 0 Å². The number of aromatic nitrogens is 2. The van der Waals surface area contributed by atoms with Crippen LogP contribution in [-0.2, 0) is 9.53 Å². The van der Waals surface area contributed by atoms with E-state index in [0.29, 0.717) is 37.3 Å². The molecule has 0 saturated carbocycles. The Bertz CT molecular complexity index is 1430. The highest BCUT2D eigenvalue weighted by Crippen LogP contribution is 2.22. The second-order valence-corrected chi connectivity index (χ2v) is 8.77. The Hall–Kier alpha value is -4.66. The molecule has 0 radical (unpaired) electrons. The zero-order valence-electron chi connectivity index (χ0n) is 20.5. The first kappa shape index (κ1) is 24.1. The molecule has 0 atom stereocenters. The fourth-order valence-corrected chi connectivity index (χ4v) is 4.42. The van der Waals surface area contributed by atoms with Crippen molar-refractivity contribution in [2.24, 2.45) is 0 Å². The van der Waals surface area contributed by atoms with Crippen molar-refractivity contribution in [1.29, 1.82) is 0 Å². The number of carbonyl (C=O) groups excluding carboxylic acids is 3. The fourth-order valence-electron chi connectivity index (χ4n) is 4.42. The number of imidazole rings is 1. The molecule has 1 aromatic heterocycles. The Morgan fingerprint density at radius 3 is 2.22 bits per heavy atom. The maximum Gasteiger partial charge on any atom is 0.338 e. The van der Waals surface area contributed by atoms with Crippen LogP contribution in [0.4, 0.5) is 10.5 Å². The average Bonchev–Trinajstić information content (AvgIpc) is 3.27. The van der Waals surface area contributed by atoms with Crippen molar-refractivity contribution >= 4 is 34.6 Å². The molecular formula is C28H27N5O4. The maximum atomic E-state index is 12.7. The van der Waals surface area contributed by atoms with Gasteiger partial charge in [-0.1, -0.05) is 36.4 Å². The molecule has 1 aliphatic heterocycles. The topological polar surface area (TPSA) is 96.8 Å². The van der Waals surface area contributed by atoms with E-state index in [1.807, 2.05) is 78.2 Å². The first-order chi connectivity index (χ1) is 18.0. The SMILES string of the molecule is Cc1nc2cc(C(=O)OCC(=O)N3CCN(C(=O)Nc4ccccc4)CC3)ccc2n1-c1ccccc1. The Morgan fingerprint density at radius 1 is 0.865 bits per heavy atom. The molecule has 0 unspecified atom stereocenters. The lowest BCUT2D eigenvalue weighted by Crippen LogP contribution is -2.52. The standard InChI is InChI=1S/C28H27N5O4/c1-20-29-24-18-21(12-13-25(24)33(20)23-10-6-3-7-11-23)27(35)37-19-26(34)31-14-16-32(17-15-31)28(36)30-22-8-4-2-5-9-22/h2-13,18H,14-17,19H2,1H3,(H,30,36). The third kappa shape index (κ3) is 5.30. The van der Waals surface area contributed by atoms with E-state index in [4.69, 9.17) is 4.74 Å². The zero-order valence-corrected chi connectivity index (χ0v) is 20.5. The third-order valence-corrected chi connectivity index (χ3v) is 6.34. The van der Waals surface area contributed by atoms with Gasteiger partial charge < -0.3 is 19.9 Å². The fraction of sp³-hybridized carbons (Fsp3) is 0.214. The number of urea groups is 1. The molecule has 9 heteroatoms. The Kier molecular flexibility index (Phi) is 6.85. The number of aryl methyl sites for hydroxylation is 1. The number of carbonyl (C=O) groups is 3. The van der Waals surface area contributed by atoms with E-state index in [1.165, 1.54) is 0 Å². The second kappa shape index (κ2) is 10.5. The molecule has 2 heterocycles. The quantitative estimate of drug-likeness (QED) is 0.422. The van der Waals surface area contributed by atoms with Crippen LogP contribution >= 0.6 is 0 Å². The molecule has 3 amide bonds. The molecule has 0 aliphatic carbocycles. The number of benzene rings is 3. The Labute approximate surface area is 214 Å². The second-order valence-electron chi connectivity index (χ2n) is 8.77. The third-order valence-electron chi connectivity index (χ3n) is 6.34. The van der Waals surface area contributed by atoms with Gasteiger partial charge in [-0.25, -0.2) is 14.6 Å². The number of esters is 1. The van der Waals surface area contributed by atoms with Gasteiger partial charge in [-0.15, -0.1) is 0 Å². The summed E-state index contributed by atoms with van der Waals surface area (Å²) >= 11 is 0. The van der Waals surface area contributed by atoms with Gasteiger partial charge in [0, 0.05) is 37.6 Å². The molecule has 188 valence electrons. The van der Waals surface area contributed by atoms with Crippen LogP contribution in [0.25, 0.3) is 16.7 Å². The van der Waals surface area contributed by atoms with Crippen LogP contribution in [0.2, 0.25) is 0 Å². The number of piperazine rings is 1. The summed E-state index contributed by atoms with van der Waals surface area (Å²) in [5, 5.41) is 2.85. The molecule has 37 heavy (non-hydrogen) atoms. The van der Waals surface area contributed by atoms with E-state index in [-0.39, 0.29) is 18.5 Å². The predicted octanol–water partition coefficient (Wildman–Crippen LogP) is 3.87. The molecule has 1 aliphatic rings. The molecule has 5 rings (SSSR count). The van der Waals surface area contributed by atoms with E-state index < -0.39 is 5.97 Å². The molecule has 0 bridgehead atoms. The number of hydrogen-bond donors (Lipinski definition) is 1. The lowest BCUT2D eigenvalue weighted by molar-refractivity contribution is -0.135. The van der Waals surface area contributed by atoms with Crippen LogP contribution in [0.3, 0.4) is 0 Å². The van der Waals surface area contributed by atoms with E-state index in [1.54, 1.807) is 21.9 Å². The Balaban J connectivity index is 1.15. The normalized spacial score (nSPS) is 13.4. The number of nitrogens with one attached hydrogen (secondary N) is 1. The molecule has 3 aromatic carbocycles. The van der Waals surface area contributed by atoms with Crippen LogP contribution in [0.1, 0.15) is 16.2 Å². The number of hydrogen-bond acceptors (Lipinski definition) is 5. The van der Waals surface area contributed by atoms with Crippen molar-refractivity contribution in [2.45, 2.75) is 6.92 Å². The first-order valence-corrected chi connectivity index (χ1v) is 12.1. The molecule has 1 N–H and O–H groups in total. The summed E-state index contributed by atoms with van der Waals surface area (Å²) in [4.78, 5) is 45.6. The lowest BCUT2D eigenvalue weighted by atomic mass is 10.2. The minimum absolute atomic E-state index is 0.204. The summed E-state index contributed by atoms with van der Waals surface area (Å²) in [5.41, 5.74) is 3.59. The van der Waals surface area contributed by atoms with Crippen molar-refractivity contribution in [3.05, 3.63) is 90.3 Å². The Morgan fingerprint density at radius 2 is 1.51 bits per heavy atom. The van der Waals surface area contributed by atoms with Crippen molar-refractivity contribution in [3.63, 3.8) is 0 Å². The number of ether oxygens (including phenoxy) is 1. The molecule has 0 spiro atoms. The average molecular weight is 498 g/mol. The lowest BCUT2D eigenvalue weighted by Gasteiger charge is -2.34.